The second-order valence-corrected chi connectivity index (χ2v) is 5.82. The van der Waals surface area contributed by atoms with Gasteiger partial charge in [0.2, 0.25) is 5.91 Å². The van der Waals surface area contributed by atoms with Gasteiger partial charge in [-0.25, -0.2) is 0 Å². The lowest BCUT2D eigenvalue weighted by molar-refractivity contribution is -0.384. The minimum Gasteiger partial charge on any atom is -0.341 e. The van der Waals surface area contributed by atoms with Crippen molar-refractivity contribution in [3.63, 3.8) is 0 Å². The number of nitrogens with zero attached hydrogens (tertiary/aromatic N) is 2. The molecule has 0 N–H and O–H groups in total. The van der Waals surface area contributed by atoms with Crippen molar-refractivity contribution in [1.29, 1.82) is 0 Å². The quantitative estimate of drug-likeness (QED) is 0.466. The molecule has 0 saturated carbocycles. The van der Waals surface area contributed by atoms with Crippen molar-refractivity contribution in [2.75, 3.05) is 12.8 Å². The molecule has 0 radical (unpaired) electrons. The molecule has 0 aromatic heterocycles. The Morgan fingerprint density at radius 1 is 1.14 bits per heavy atom. The van der Waals surface area contributed by atoms with E-state index in [1.54, 1.807) is 24.1 Å². The minimum absolute atomic E-state index is 0.0206. The van der Waals surface area contributed by atoms with Gasteiger partial charge in [-0.15, -0.1) is 11.8 Å². The highest BCUT2D eigenvalue weighted by Crippen LogP contribution is 2.21. The molecule has 0 fully saturated rings. The summed E-state index contributed by atoms with van der Waals surface area (Å²) in [4.78, 5) is 24.7. The molecular weight excluding hydrogens is 300 g/mol. The van der Waals surface area contributed by atoms with Gasteiger partial charge < -0.3 is 4.90 Å². The highest BCUT2D eigenvalue weighted by Gasteiger charge is 2.10. The van der Waals surface area contributed by atoms with Gasteiger partial charge in [-0.1, -0.05) is 30.3 Å². The lowest BCUT2D eigenvalue weighted by Crippen LogP contribution is -2.27. The van der Waals surface area contributed by atoms with Crippen molar-refractivity contribution in [2.24, 2.45) is 0 Å². The minimum atomic E-state index is -0.437. The second-order valence-electron chi connectivity index (χ2n) is 4.78. The van der Waals surface area contributed by atoms with E-state index in [2.05, 4.69) is 0 Å². The van der Waals surface area contributed by atoms with E-state index in [9.17, 15) is 14.9 Å². The van der Waals surface area contributed by atoms with Crippen LogP contribution in [0.4, 0.5) is 5.69 Å². The van der Waals surface area contributed by atoms with E-state index < -0.39 is 4.92 Å². The van der Waals surface area contributed by atoms with Crippen molar-refractivity contribution >= 4 is 23.4 Å². The van der Waals surface area contributed by atoms with Crippen LogP contribution in [-0.4, -0.2) is 28.5 Å². The molecule has 0 saturated heterocycles. The Balaban J connectivity index is 1.85. The normalized spacial score (nSPS) is 10.2. The number of benzene rings is 2. The fraction of sp³-hybridized carbons (Fsp3) is 0.188. The van der Waals surface area contributed by atoms with E-state index in [1.807, 2.05) is 30.3 Å². The van der Waals surface area contributed by atoms with Crippen LogP contribution in [0.2, 0.25) is 0 Å². The summed E-state index contributed by atoms with van der Waals surface area (Å²) in [5, 5.41) is 10.6. The summed E-state index contributed by atoms with van der Waals surface area (Å²) in [5.41, 5.74) is 1.13. The van der Waals surface area contributed by atoms with Crippen molar-refractivity contribution < 1.29 is 9.72 Å². The fourth-order valence-electron chi connectivity index (χ4n) is 1.86. The van der Waals surface area contributed by atoms with Gasteiger partial charge in [0, 0.05) is 30.6 Å². The number of rotatable bonds is 6. The van der Waals surface area contributed by atoms with E-state index in [4.69, 9.17) is 0 Å². The predicted molar refractivity (Wildman–Crippen MR) is 86.7 cm³/mol. The molecule has 0 atom stereocenters. The lowest BCUT2D eigenvalue weighted by Gasteiger charge is -2.17. The van der Waals surface area contributed by atoms with Gasteiger partial charge in [-0.2, -0.15) is 0 Å². The molecule has 5 nitrogen and oxygen atoms in total. The third-order valence-electron chi connectivity index (χ3n) is 3.10. The number of nitro benzene ring substituents is 1. The lowest BCUT2D eigenvalue weighted by atomic mass is 10.2. The van der Waals surface area contributed by atoms with Crippen LogP contribution in [0.25, 0.3) is 0 Å². The summed E-state index contributed by atoms with van der Waals surface area (Å²) < 4.78 is 0. The molecule has 2 aromatic rings. The topological polar surface area (TPSA) is 63.5 Å². The van der Waals surface area contributed by atoms with Gasteiger partial charge in [-0.3, -0.25) is 14.9 Å². The summed E-state index contributed by atoms with van der Waals surface area (Å²) in [6.45, 7) is 0.570. The third kappa shape index (κ3) is 4.60. The standard InChI is InChI=1S/C16H16N2O3S/c1-17(11-13-5-3-2-4-6-13)16(19)12-22-15-9-7-14(8-10-15)18(20)21/h2-10H,11-12H2,1H3. The first-order chi connectivity index (χ1) is 10.6. The molecule has 22 heavy (non-hydrogen) atoms. The van der Waals surface area contributed by atoms with Crippen LogP contribution in [0.1, 0.15) is 5.56 Å². The molecule has 0 heterocycles. The van der Waals surface area contributed by atoms with Gasteiger partial charge >= 0.3 is 0 Å². The number of nitro groups is 1. The van der Waals surface area contributed by atoms with Crippen LogP contribution in [0.5, 0.6) is 0 Å². The van der Waals surface area contributed by atoms with E-state index in [0.717, 1.165) is 10.5 Å². The second kappa shape index (κ2) is 7.61. The maximum Gasteiger partial charge on any atom is 0.269 e. The van der Waals surface area contributed by atoms with Crippen LogP contribution >= 0.6 is 11.8 Å². The highest BCUT2D eigenvalue weighted by atomic mass is 32.2. The molecule has 0 unspecified atom stereocenters. The zero-order valence-corrected chi connectivity index (χ0v) is 13.0. The molecule has 6 heteroatoms. The van der Waals surface area contributed by atoms with Gasteiger partial charge in [0.1, 0.15) is 0 Å². The van der Waals surface area contributed by atoms with Crippen LogP contribution in [0.15, 0.2) is 59.5 Å². The van der Waals surface area contributed by atoms with E-state index >= 15 is 0 Å². The van der Waals surface area contributed by atoms with Crippen molar-refractivity contribution in [3.8, 4) is 0 Å². The molecule has 1 amide bonds. The number of carbonyl (C=O) groups is 1. The number of amides is 1. The van der Waals surface area contributed by atoms with Crippen LogP contribution in [0, 0.1) is 10.1 Å². The monoisotopic (exact) mass is 316 g/mol. The Kier molecular flexibility index (Phi) is 5.55. The summed E-state index contributed by atoms with van der Waals surface area (Å²) in [5.74, 6) is 0.327. The number of hydrogen-bond donors (Lipinski definition) is 0. The smallest absolute Gasteiger partial charge is 0.269 e. The Morgan fingerprint density at radius 2 is 1.77 bits per heavy atom. The molecule has 0 aliphatic rings. The molecule has 0 aliphatic carbocycles. The zero-order chi connectivity index (χ0) is 15.9. The Morgan fingerprint density at radius 3 is 2.36 bits per heavy atom. The maximum atomic E-state index is 12.1. The van der Waals surface area contributed by atoms with Gasteiger partial charge in [0.05, 0.1) is 10.7 Å². The van der Waals surface area contributed by atoms with Crippen LogP contribution in [-0.2, 0) is 11.3 Å². The molecule has 2 aromatic carbocycles. The van der Waals surface area contributed by atoms with Gasteiger partial charge in [0.25, 0.3) is 5.69 Å². The third-order valence-corrected chi connectivity index (χ3v) is 4.09. The van der Waals surface area contributed by atoms with Crippen molar-refractivity contribution in [2.45, 2.75) is 11.4 Å². The number of hydrogen-bond acceptors (Lipinski definition) is 4. The summed E-state index contributed by atoms with van der Waals surface area (Å²) >= 11 is 1.37. The number of carbonyl (C=O) groups excluding carboxylic acids is 1. The predicted octanol–water partition coefficient (Wildman–Crippen LogP) is 3.35. The summed E-state index contributed by atoms with van der Waals surface area (Å²) in [6, 6.07) is 16.0. The van der Waals surface area contributed by atoms with E-state index in [1.165, 1.54) is 23.9 Å². The molecule has 114 valence electrons. The zero-order valence-electron chi connectivity index (χ0n) is 12.1. The van der Waals surface area contributed by atoms with E-state index in [-0.39, 0.29) is 11.6 Å². The van der Waals surface area contributed by atoms with Gasteiger partial charge in [-0.05, 0) is 17.7 Å². The van der Waals surface area contributed by atoms with E-state index in [0.29, 0.717) is 12.3 Å². The Bertz CT molecular complexity index is 644. The SMILES string of the molecule is CN(Cc1ccccc1)C(=O)CSc1ccc([N+](=O)[O-])cc1. The maximum absolute atomic E-state index is 12.1. The average molecular weight is 316 g/mol. The number of non-ortho nitro benzene ring substituents is 1. The van der Waals surface area contributed by atoms with Gasteiger partial charge in [0.15, 0.2) is 0 Å². The first-order valence-electron chi connectivity index (χ1n) is 6.71. The Hall–Kier alpha value is -2.34. The van der Waals surface area contributed by atoms with Crippen LogP contribution in [0.3, 0.4) is 0 Å². The highest BCUT2D eigenvalue weighted by molar-refractivity contribution is 8.00. The molecule has 2 rings (SSSR count). The Labute approximate surface area is 133 Å². The molecular formula is C16H16N2O3S. The average Bonchev–Trinajstić information content (AvgIpc) is 2.53. The van der Waals surface area contributed by atoms with Crippen molar-refractivity contribution in [3.05, 3.63) is 70.3 Å². The molecule has 0 spiro atoms. The van der Waals surface area contributed by atoms with Crippen molar-refractivity contribution in [1.82, 2.24) is 4.90 Å². The summed E-state index contributed by atoms with van der Waals surface area (Å²) in [7, 11) is 1.77. The fourth-order valence-corrected chi connectivity index (χ4v) is 2.70. The first kappa shape index (κ1) is 16.0. The largest absolute Gasteiger partial charge is 0.341 e. The number of thioether (sulfide) groups is 1. The first-order valence-corrected chi connectivity index (χ1v) is 7.70. The van der Waals surface area contributed by atoms with Crippen LogP contribution < -0.4 is 0 Å². The molecule has 0 aliphatic heterocycles. The summed E-state index contributed by atoms with van der Waals surface area (Å²) in [6.07, 6.45) is 0. The molecule has 0 bridgehead atoms.